The van der Waals surface area contributed by atoms with E-state index in [1.165, 1.54) is 18.3 Å². The first-order valence-corrected chi connectivity index (χ1v) is 9.90. The highest BCUT2D eigenvalue weighted by Crippen LogP contribution is 2.36. The third kappa shape index (κ3) is 4.89. The molecule has 0 aliphatic carbocycles. The van der Waals surface area contributed by atoms with Gasteiger partial charge >= 0.3 is 5.97 Å². The molecule has 0 fully saturated rings. The number of rotatable bonds is 6. The summed E-state index contributed by atoms with van der Waals surface area (Å²) in [5, 5.41) is 7.69. The molecule has 6 nitrogen and oxygen atoms in total. The molecule has 1 heterocycles. The Hall–Kier alpha value is -3.45. The summed E-state index contributed by atoms with van der Waals surface area (Å²) in [5.74, 6) is -1.10. The molecule has 0 spiro atoms. The fourth-order valence-corrected chi connectivity index (χ4v) is 3.76. The van der Waals surface area contributed by atoms with Crippen LogP contribution < -0.4 is 10.6 Å². The van der Waals surface area contributed by atoms with Gasteiger partial charge in [-0.3, -0.25) is 9.59 Å². The molecule has 7 heteroatoms. The summed E-state index contributed by atoms with van der Waals surface area (Å²) in [6.07, 6.45) is 0. The molecule has 3 aromatic rings. The molecule has 0 radical (unpaired) electrons. The number of amides is 2. The Kier molecular flexibility index (Phi) is 6.41. The Balaban J connectivity index is 1.93. The zero-order chi connectivity index (χ0) is 20.8. The number of nitrogens with one attached hydrogen (secondary N) is 2. The number of hydrogen-bond donors (Lipinski definition) is 2. The van der Waals surface area contributed by atoms with E-state index in [9.17, 15) is 14.4 Å². The van der Waals surface area contributed by atoms with Crippen LogP contribution in [0.1, 0.15) is 34.6 Å². The van der Waals surface area contributed by atoms with Crippen LogP contribution in [0.3, 0.4) is 0 Å². The number of carbonyl (C=O) groups excluding carboxylic acids is 3. The first-order chi connectivity index (χ1) is 14.0. The maximum Gasteiger partial charge on any atom is 0.341 e. The van der Waals surface area contributed by atoms with E-state index in [0.717, 1.165) is 5.56 Å². The van der Waals surface area contributed by atoms with Crippen molar-refractivity contribution in [2.45, 2.75) is 13.8 Å². The van der Waals surface area contributed by atoms with Gasteiger partial charge in [-0.05, 0) is 30.7 Å². The van der Waals surface area contributed by atoms with Crippen molar-refractivity contribution in [1.82, 2.24) is 0 Å². The first-order valence-electron chi connectivity index (χ1n) is 9.02. The van der Waals surface area contributed by atoms with Crippen molar-refractivity contribution in [3.05, 3.63) is 71.1 Å². The van der Waals surface area contributed by atoms with Crippen LogP contribution in [0.2, 0.25) is 0 Å². The van der Waals surface area contributed by atoms with Crippen LogP contribution in [-0.4, -0.2) is 24.4 Å². The van der Waals surface area contributed by atoms with Gasteiger partial charge in [0.15, 0.2) is 0 Å². The lowest BCUT2D eigenvalue weighted by molar-refractivity contribution is -0.114. The van der Waals surface area contributed by atoms with Crippen molar-refractivity contribution in [1.29, 1.82) is 0 Å². The van der Waals surface area contributed by atoms with Gasteiger partial charge in [0.05, 0.1) is 6.61 Å². The van der Waals surface area contributed by atoms with Crippen molar-refractivity contribution < 1.29 is 19.1 Å². The zero-order valence-corrected chi connectivity index (χ0v) is 16.8. The van der Waals surface area contributed by atoms with Gasteiger partial charge in [-0.15, -0.1) is 11.3 Å². The zero-order valence-electron chi connectivity index (χ0n) is 16.0. The summed E-state index contributed by atoms with van der Waals surface area (Å²) in [7, 11) is 0. The largest absolute Gasteiger partial charge is 0.462 e. The fraction of sp³-hybridized carbons (Fsp3) is 0.136. The minimum Gasteiger partial charge on any atom is -0.462 e. The summed E-state index contributed by atoms with van der Waals surface area (Å²) in [6.45, 7) is 3.36. The Bertz CT molecular complexity index is 1040. The molecule has 0 aliphatic rings. The molecular formula is C22H20N2O4S. The molecule has 1 aromatic heterocycles. The molecule has 148 valence electrons. The maximum absolute atomic E-state index is 12.8. The predicted molar refractivity (Wildman–Crippen MR) is 114 cm³/mol. The highest BCUT2D eigenvalue weighted by molar-refractivity contribution is 7.15. The molecule has 0 bridgehead atoms. The minimum absolute atomic E-state index is 0.224. The molecule has 0 aliphatic heterocycles. The molecule has 2 aromatic carbocycles. The van der Waals surface area contributed by atoms with Gasteiger partial charge in [-0.25, -0.2) is 4.79 Å². The van der Waals surface area contributed by atoms with Crippen molar-refractivity contribution in [2.75, 3.05) is 17.2 Å². The third-order valence-corrected chi connectivity index (χ3v) is 4.92. The van der Waals surface area contributed by atoms with E-state index in [0.29, 0.717) is 27.4 Å². The van der Waals surface area contributed by atoms with Crippen LogP contribution in [0.5, 0.6) is 0 Å². The highest BCUT2D eigenvalue weighted by atomic mass is 32.1. The third-order valence-electron chi connectivity index (χ3n) is 4.03. The number of hydrogen-bond acceptors (Lipinski definition) is 5. The van der Waals surface area contributed by atoms with Gasteiger partial charge < -0.3 is 15.4 Å². The average Bonchev–Trinajstić information content (AvgIpc) is 3.12. The summed E-state index contributed by atoms with van der Waals surface area (Å²) in [6, 6.07) is 16.0. The van der Waals surface area contributed by atoms with Crippen LogP contribution in [0.25, 0.3) is 11.1 Å². The molecular weight excluding hydrogens is 388 g/mol. The molecule has 2 N–H and O–H groups in total. The standard InChI is InChI=1S/C22H20N2O4S/c1-3-28-22(27)19-18(15-8-5-4-6-9-15)13-29-21(19)24-20(26)16-10-7-11-17(12-16)23-14(2)25/h4-13H,3H2,1-2H3,(H,23,25)(H,24,26). The van der Waals surface area contributed by atoms with Gasteiger partial charge in [-0.2, -0.15) is 0 Å². The van der Waals surface area contributed by atoms with Crippen LogP contribution >= 0.6 is 11.3 Å². The van der Waals surface area contributed by atoms with Gasteiger partial charge in [0.1, 0.15) is 10.6 Å². The number of benzene rings is 2. The Morgan fingerprint density at radius 2 is 1.76 bits per heavy atom. The SMILES string of the molecule is CCOC(=O)c1c(-c2ccccc2)csc1NC(=O)c1cccc(NC(C)=O)c1. The van der Waals surface area contributed by atoms with E-state index < -0.39 is 5.97 Å². The second kappa shape index (κ2) is 9.16. The van der Waals surface area contributed by atoms with Crippen molar-refractivity contribution in [3.8, 4) is 11.1 Å². The predicted octanol–water partition coefficient (Wildman–Crippen LogP) is 4.80. The van der Waals surface area contributed by atoms with E-state index in [-0.39, 0.29) is 18.4 Å². The van der Waals surface area contributed by atoms with Crippen molar-refractivity contribution in [2.24, 2.45) is 0 Å². The van der Waals surface area contributed by atoms with E-state index in [4.69, 9.17) is 4.74 Å². The Morgan fingerprint density at radius 1 is 1.00 bits per heavy atom. The topological polar surface area (TPSA) is 84.5 Å². The van der Waals surface area contributed by atoms with Crippen LogP contribution in [0.15, 0.2) is 60.0 Å². The smallest absolute Gasteiger partial charge is 0.341 e. The van der Waals surface area contributed by atoms with E-state index in [1.54, 1.807) is 31.2 Å². The second-order valence-corrected chi connectivity index (χ2v) is 7.04. The lowest BCUT2D eigenvalue weighted by Crippen LogP contribution is -2.15. The molecule has 0 unspecified atom stereocenters. The highest BCUT2D eigenvalue weighted by Gasteiger charge is 2.23. The maximum atomic E-state index is 12.8. The monoisotopic (exact) mass is 408 g/mol. The molecule has 2 amide bonds. The Labute approximate surface area is 172 Å². The van der Waals surface area contributed by atoms with Gasteiger partial charge in [-0.1, -0.05) is 36.4 Å². The number of anilines is 2. The lowest BCUT2D eigenvalue weighted by atomic mass is 10.0. The summed E-state index contributed by atoms with van der Waals surface area (Å²) < 4.78 is 5.21. The van der Waals surface area contributed by atoms with E-state index in [2.05, 4.69) is 10.6 Å². The summed E-state index contributed by atoms with van der Waals surface area (Å²) in [4.78, 5) is 36.6. The van der Waals surface area contributed by atoms with Crippen molar-refractivity contribution >= 4 is 39.8 Å². The average molecular weight is 408 g/mol. The summed E-state index contributed by atoms with van der Waals surface area (Å²) in [5.41, 5.74) is 2.78. The van der Waals surface area contributed by atoms with Crippen LogP contribution in [0.4, 0.5) is 10.7 Å². The quantitative estimate of drug-likeness (QED) is 0.574. The number of esters is 1. The number of ether oxygens (including phenoxy) is 1. The van der Waals surface area contributed by atoms with E-state index >= 15 is 0 Å². The van der Waals surface area contributed by atoms with Crippen molar-refractivity contribution in [3.63, 3.8) is 0 Å². The first kappa shape index (κ1) is 20.3. The van der Waals surface area contributed by atoms with Crippen LogP contribution in [0, 0.1) is 0 Å². The lowest BCUT2D eigenvalue weighted by Gasteiger charge is -2.10. The Morgan fingerprint density at radius 3 is 2.45 bits per heavy atom. The normalized spacial score (nSPS) is 10.3. The molecule has 29 heavy (non-hydrogen) atoms. The summed E-state index contributed by atoms with van der Waals surface area (Å²) >= 11 is 1.26. The van der Waals surface area contributed by atoms with Crippen LogP contribution in [-0.2, 0) is 9.53 Å². The number of thiophene rings is 1. The second-order valence-electron chi connectivity index (χ2n) is 6.16. The molecule has 3 rings (SSSR count). The molecule has 0 atom stereocenters. The van der Waals surface area contributed by atoms with Gasteiger partial charge in [0.25, 0.3) is 5.91 Å². The fourth-order valence-electron chi connectivity index (χ4n) is 2.80. The minimum atomic E-state index is -0.491. The molecule has 0 saturated heterocycles. The van der Waals surface area contributed by atoms with Gasteiger partial charge in [0.2, 0.25) is 5.91 Å². The van der Waals surface area contributed by atoms with E-state index in [1.807, 2.05) is 35.7 Å². The van der Waals surface area contributed by atoms with Gasteiger partial charge in [0, 0.05) is 29.1 Å². The number of carbonyl (C=O) groups is 3. The molecule has 0 saturated carbocycles.